The van der Waals surface area contributed by atoms with Gasteiger partial charge in [0.15, 0.2) is 0 Å². The molecule has 0 aromatic heterocycles. The second-order valence-electron chi connectivity index (χ2n) is 9.49. The molecule has 0 aliphatic carbocycles. The Hall–Kier alpha value is -4.56. The Bertz CT molecular complexity index is 1770. The molecular formula is C29H22N2O6. The van der Waals surface area contributed by atoms with Crippen molar-refractivity contribution < 1.29 is 29.3 Å². The second-order valence-corrected chi connectivity index (χ2v) is 9.49. The number of carboxylic acid groups (broad SMARTS) is 2. The zero-order chi connectivity index (χ0) is 26.0. The van der Waals surface area contributed by atoms with Crippen LogP contribution in [0, 0.1) is 0 Å². The van der Waals surface area contributed by atoms with E-state index < -0.39 is 17.9 Å². The van der Waals surface area contributed by atoms with Gasteiger partial charge in [0.2, 0.25) is 5.90 Å². The zero-order valence-corrected chi connectivity index (χ0v) is 20.2. The van der Waals surface area contributed by atoms with Crippen LogP contribution in [0.15, 0.2) is 53.5 Å². The van der Waals surface area contributed by atoms with Gasteiger partial charge in [-0.2, -0.15) is 0 Å². The van der Waals surface area contributed by atoms with Gasteiger partial charge in [0.05, 0.1) is 16.7 Å². The van der Waals surface area contributed by atoms with Crippen molar-refractivity contribution in [2.75, 3.05) is 27.2 Å². The topological polar surface area (TPSA) is 117 Å². The van der Waals surface area contributed by atoms with Gasteiger partial charge >= 0.3 is 17.9 Å². The molecule has 0 fully saturated rings. The van der Waals surface area contributed by atoms with Gasteiger partial charge in [0, 0.05) is 22.9 Å². The van der Waals surface area contributed by atoms with Gasteiger partial charge in [-0.25, -0.2) is 14.4 Å². The van der Waals surface area contributed by atoms with Crippen LogP contribution >= 0.6 is 0 Å². The number of carboxylic acids is 2. The number of hydrogen-bond acceptors (Lipinski definition) is 6. The number of hydrogen-bond donors (Lipinski definition) is 2. The Kier molecular flexibility index (Phi) is 5.10. The van der Waals surface area contributed by atoms with Crippen LogP contribution in [0.4, 0.5) is 0 Å². The normalized spacial score (nSPS) is 14.5. The largest absolute Gasteiger partial charge is 0.478 e. The number of carbonyl (C=O) groups excluding carboxylic acids is 1. The first-order chi connectivity index (χ1) is 17.8. The van der Waals surface area contributed by atoms with E-state index in [0.717, 1.165) is 50.8 Å². The summed E-state index contributed by atoms with van der Waals surface area (Å²) >= 11 is 0. The number of rotatable bonds is 6. The molecule has 0 radical (unpaired) electrons. The average Bonchev–Trinajstić information content (AvgIpc) is 2.87. The fraction of sp³-hybridized carbons (Fsp3) is 0.172. The molecule has 5 aromatic rings. The first-order valence-corrected chi connectivity index (χ1v) is 11.9. The average molecular weight is 495 g/mol. The maximum atomic E-state index is 13.0. The van der Waals surface area contributed by atoms with Crippen molar-refractivity contribution in [3.63, 3.8) is 0 Å². The van der Waals surface area contributed by atoms with Crippen LogP contribution in [0.2, 0.25) is 0 Å². The van der Waals surface area contributed by atoms with E-state index in [0.29, 0.717) is 23.4 Å². The minimum Gasteiger partial charge on any atom is -0.478 e. The summed E-state index contributed by atoms with van der Waals surface area (Å²) in [6.45, 7) is 1.37. The fourth-order valence-electron chi connectivity index (χ4n) is 5.48. The summed E-state index contributed by atoms with van der Waals surface area (Å²) in [5.41, 5.74) is 1.03. The van der Waals surface area contributed by atoms with Gasteiger partial charge in [0.25, 0.3) is 0 Å². The first kappa shape index (κ1) is 22.9. The molecule has 0 amide bonds. The number of esters is 1. The van der Waals surface area contributed by atoms with Crippen molar-refractivity contribution in [1.29, 1.82) is 0 Å². The molecule has 5 aromatic carbocycles. The highest BCUT2D eigenvalue weighted by molar-refractivity contribution is 6.39. The highest BCUT2D eigenvalue weighted by Gasteiger charge is 2.29. The van der Waals surface area contributed by atoms with Crippen molar-refractivity contribution in [2.24, 2.45) is 4.99 Å². The van der Waals surface area contributed by atoms with Crippen LogP contribution in [0.5, 0.6) is 0 Å². The van der Waals surface area contributed by atoms with Crippen molar-refractivity contribution in [3.8, 4) is 0 Å². The van der Waals surface area contributed by atoms with Gasteiger partial charge in [-0.3, -0.25) is 4.99 Å². The lowest BCUT2D eigenvalue weighted by Crippen LogP contribution is -2.21. The molecule has 0 spiro atoms. The third-order valence-corrected chi connectivity index (χ3v) is 7.02. The molecule has 1 heterocycles. The molecular weight excluding hydrogens is 472 g/mol. The summed E-state index contributed by atoms with van der Waals surface area (Å²) in [5.74, 6) is -2.57. The van der Waals surface area contributed by atoms with E-state index in [9.17, 15) is 24.6 Å². The molecule has 0 bridgehead atoms. The Morgan fingerprint density at radius 2 is 1.27 bits per heavy atom. The van der Waals surface area contributed by atoms with Crippen LogP contribution in [0.3, 0.4) is 0 Å². The molecule has 0 saturated carbocycles. The van der Waals surface area contributed by atoms with E-state index >= 15 is 0 Å². The predicted molar refractivity (Wildman–Crippen MR) is 142 cm³/mol. The monoisotopic (exact) mass is 494 g/mol. The maximum Gasteiger partial charge on any atom is 0.345 e. The van der Waals surface area contributed by atoms with E-state index in [1.165, 1.54) is 12.1 Å². The molecule has 0 saturated heterocycles. The molecule has 8 heteroatoms. The number of nitrogens with zero attached hydrogens (tertiary/aromatic N) is 2. The summed E-state index contributed by atoms with van der Waals surface area (Å²) in [4.78, 5) is 43.7. The molecule has 6 rings (SSSR count). The number of carbonyl (C=O) groups is 3. The molecule has 184 valence electrons. The van der Waals surface area contributed by atoms with E-state index in [2.05, 4.69) is 9.89 Å². The number of benzene rings is 5. The summed E-state index contributed by atoms with van der Waals surface area (Å²) in [6, 6.07) is 13.6. The number of aromatic carboxylic acids is 2. The van der Waals surface area contributed by atoms with Crippen LogP contribution in [0.25, 0.3) is 43.1 Å². The van der Waals surface area contributed by atoms with Crippen LogP contribution in [0.1, 0.15) is 43.1 Å². The van der Waals surface area contributed by atoms with E-state index in [-0.39, 0.29) is 16.5 Å². The van der Waals surface area contributed by atoms with E-state index in [1.807, 2.05) is 32.3 Å². The molecule has 8 nitrogen and oxygen atoms in total. The van der Waals surface area contributed by atoms with Gasteiger partial charge in [-0.1, -0.05) is 24.3 Å². The van der Waals surface area contributed by atoms with E-state index in [1.54, 1.807) is 18.2 Å². The van der Waals surface area contributed by atoms with Crippen LogP contribution in [-0.4, -0.2) is 66.1 Å². The van der Waals surface area contributed by atoms with Gasteiger partial charge in [-0.15, -0.1) is 0 Å². The molecule has 0 unspecified atom stereocenters. The molecule has 0 atom stereocenters. The molecule has 37 heavy (non-hydrogen) atoms. The Morgan fingerprint density at radius 3 is 1.81 bits per heavy atom. The fourth-order valence-corrected chi connectivity index (χ4v) is 5.48. The minimum atomic E-state index is -1.19. The number of fused-ring (bicyclic) bond motifs is 2. The summed E-state index contributed by atoms with van der Waals surface area (Å²) in [6.07, 6.45) is 0.815. The highest BCUT2D eigenvalue weighted by Crippen LogP contribution is 2.45. The third kappa shape index (κ3) is 3.33. The van der Waals surface area contributed by atoms with Crippen molar-refractivity contribution in [1.82, 2.24) is 4.90 Å². The smallest absolute Gasteiger partial charge is 0.345 e. The zero-order valence-electron chi connectivity index (χ0n) is 20.2. The molecule has 1 aliphatic rings. The standard InChI is InChI=1S/C29H22N2O6/c1-31(2)13-3-12-30-26-18-8-4-14-15-5-9-19(27(32)33)25-20(28(34)35)10-6-16(23(15)25)17-7-11-21(29(36)37-26)24(18)22(14)17/h4-11H,3,12-13H2,1-2H3,(H,32,33)(H,34,35). The lowest BCUT2D eigenvalue weighted by Gasteiger charge is -2.22. The number of cyclic esters (lactones) is 1. The third-order valence-electron chi connectivity index (χ3n) is 7.02. The Balaban J connectivity index is 1.71. The highest BCUT2D eigenvalue weighted by atomic mass is 16.5. The van der Waals surface area contributed by atoms with Crippen molar-refractivity contribution in [3.05, 3.63) is 70.8 Å². The van der Waals surface area contributed by atoms with Gasteiger partial charge in [-0.05, 0) is 83.6 Å². The lowest BCUT2D eigenvalue weighted by atomic mass is 9.84. The summed E-state index contributed by atoms with van der Waals surface area (Å²) in [5, 5.41) is 25.1. The summed E-state index contributed by atoms with van der Waals surface area (Å²) < 4.78 is 5.62. The number of aliphatic imine (C=N–C) groups is 1. The maximum absolute atomic E-state index is 13.0. The molecule has 2 N–H and O–H groups in total. The lowest BCUT2D eigenvalue weighted by molar-refractivity contribution is 0.0693. The van der Waals surface area contributed by atoms with Gasteiger partial charge < -0.3 is 19.8 Å². The van der Waals surface area contributed by atoms with Gasteiger partial charge in [0.1, 0.15) is 0 Å². The van der Waals surface area contributed by atoms with Crippen LogP contribution in [-0.2, 0) is 4.74 Å². The summed E-state index contributed by atoms with van der Waals surface area (Å²) in [7, 11) is 3.98. The van der Waals surface area contributed by atoms with Crippen LogP contribution < -0.4 is 0 Å². The second kappa shape index (κ2) is 8.25. The molecule has 1 aliphatic heterocycles. The minimum absolute atomic E-state index is 0.0669. The van der Waals surface area contributed by atoms with E-state index in [4.69, 9.17) is 4.74 Å². The van der Waals surface area contributed by atoms with Crippen molar-refractivity contribution >= 4 is 66.9 Å². The first-order valence-electron chi connectivity index (χ1n) is 11.9. The SMILES string of the molecule is CN(C)CCCN=C1OC(=O)c2ccc3c4ccc(C(=O)O)c5c(C(=O)O)ccc(c6ccc1c2c36)c54. The Morgan fingerprint density at radius 1 is 0.757 bits per heavy atom. The Labute approximate surface area is 210 Å². The predicted octanol–water partition coefficient (Wildman–Crippen LogP) is 5.00. The quantitative estimate of drug-likeness (QED) is 0.148. The number of ether oxygens (including phenoxy) is 1. The van der Waals surface area contributed by atoms with Crippen molar-refractivity contribution in [2.45, 2.75) is 6.42 Å².